The first-order valence-electron chi connectivity index (χ1n) is 13.8. The number of hydrogen-bond donors (Lipinski definition) is 1. The van der Waals surface area contributed by atoms with Gasteiger partial charge in [-0.15, -0.1) is 0 Å². The molecule has 1 N–H and O–H groups in total. The third-order valence-corrected chi connectivity index (χ3v) is 7.41. The van der Waals surface area contributed by atoms with Crippen LogP contribution in [0.5, 0.6) is 0 Å². The Bertz CT molecular complexity index is 1290. The second-order valence-corrected chi connectivity index (χ2v) is 10.4. The van der Waals surface area contributed by atoms with Gasteiger partial charge in [-0.2, -0.15) is 23.5 Å². The summed E-state index contributed by atoms with van der Waals surface area (Å²) in [5, 5.41) is 14.1. The third-order valence-electron chi connectivity index (χ3n) is 7.41. The molecule has 1 saturated heterocycles. The van der Waals surface area contributed by atoms with Crippen LogP contribution in [0.25, 0.3) is 0 Å². The number of nitrogens with zero attached hydrogens (tertiary/aromatic N) is 5. The molecule has 1 fully saturated rings. The van der Waals surface area contributed by atoms with Gasteiger partial charge in [-0.25, -0.2) is 13.9 Å². The maximum atomic E-state index is 14.8. The van der Waals surface area contributed by atoms with E-state index >= 15 is 0 Å². The van der Waals surface area contributed by atoms with E-state index in [0.717, 1.165) is 12.1 Å². The summed E-state index contributed by atoms with van der Waals surface area (Å²) in [6.07, 6.45) is -1.44. The molecule has 13 heteroatoms. The van der Waals surface area contributed by atoms with Gasteiger partial charge in [0.1, 0.15) is 17.6 Å². The molecule has 41 heavy (non-hydrogen) atoms. The summed E-state index contributed by atoms with van der Waals surface area (Å²) in [5.41, 5.74) is -1.14. The van der Waals surface area contributed by atoms with Gasteiger partial charge in [0.2, 0.25) is 5.91 Å². The molecule has 0 saturated carbocycles. The number of likely N-dealkylation sites (tertiary alicyclic amines) is 1. The van der Waals surface area contributed by atoms with Crippen LogP contribution < -0.4 is 5.56 Å². The molecule has 2 aromatic heterocycles. The molecular weight excluding hydrogens is 547 g/mol. The molecule has 0 aromatic carbocycles. The first-order chi connectivity index (χ1) is 19.3. The molecule has 1 amide bonds. The first kappa shape index (κ1) is 32.1. The monoisotopic (exact) mass is 582 g/mol. The van der Waals surface area contributed by atoms with Gasteiger partial charge in [0.25, 0.3) is 11.5 Å². The number of amides is 1. The first-order valence-corrected chi connectivity index (χ1v) is 13.8. The van der Waals surface area contributed by atoms with E-state index in [2.05, 4.69) is 10.1 Å². The number of halogens is 5. The van der Waals surface area contributed by atoms with Crippen molar-refractivity contribution in [2.75, 3.05) is 26.2 Å². The number of nitriles is 1. The predicted octanol–water partition coefficient (Wildman–Crippen LogP) is 5.03. The van der Waals surface area contributed by atoms with E-state index in [0.29, 0.717) is 31.5 Å². The smallest absolute Gasteiger partial charge is 0.342 e. The lowest BCUT2D eigenvalue weighted by molar-refractivity contribution is -0.162. The number of hydrogen-bond acceptors (Lipinski definition) is 6. The number of H-pyrrole nitrogens is 1. The average molecular weight is 583 g/mol. The summed E-state index contributed by atoms with van der Waals surface area (Å²) in [6, 6.07) is 4.91. The molecule has 2 aliphatic rings. The summed E-state index contributed by atoms with van der Waals surface area (Å²) in [4.78, 5) is 31.8. The van der Waals surface area contributed by atoms with Crippen molar-refractivity contribution in [3.05, 3.63) is 56.8 Å². The fourth-order valence-electron chi connectivity index (χ4n) is 5.27. The van der Waals surface area contributed by atoms with Crippen LogP contribution in [0.2, 0.25) is 0 Å². The summed E-state index contributed by atoms with van der Waals surface area (Å²) in [6.45, 7) is 6.18. The minimum Gasteiger partial charge on any atom is -0.342 e. The molecule has 2 atom stereocenters. The molecule has 2 unspecified atom stereocenters. The maximum Gasteiger partial charge on any atom is 0.422 e. The second-order valence-electron chi connectivity index (χ2n) is 10.4. The normalized spacial score (nSPS) is 20.0. The minimum atomic E-state index is -4.83. The zero-order chi connectivity index (χ0) is 30.4. The topological polar surface area (TPSA) is 106 Å². The molecule has 3 heterocycles. The fraction of sp³-hybridized carbons (Fsp3) is 0.607. The van der Waals surface area contributed by atoms with E-state index < -0.39 is 47.5 Å². The van der Waals surface area contributed by atoms with Gasteiger partial charge >= 0.3 is 6.18 Å². The number of unbranched alkanes of at least 4 members (excludes halogenated alkanes) is 1. The number of pyridine rings is 1. The molecule has 4 rings (SSSR count). The van der Waals surface area contributed by atoms with E-state index in [-0.39, 0.29) is 37.2 Å². The molecule has 0 radical (unpaired) electrons. The number of fused-ring (bicyclic) bond motifs is 1. The van der Waals surface area contributed by atoms with Crippen LogP contribution in [0.3, 0.4) is 0 Å². The van der Waals surface area contributed by atoms with E-state index in [9.17, 15) is 31.5 Å². The Kier molecular flexibility index (Phi) is 10.6. The Hall–Kier alpha value is -3.40. The zero-order valence-electron chi connectivity index (χ0n) is 23.4. The van der Waals surface area contributed by atoms with Crippen molar-refractivity contribution in [1.29, 1.82) is 5.26 Å². The average Bonchev–Trinajstić information content (AvgIpc) is 3.34. The Morgan fingerprint density at radius 3 is 2.56 bits per heavy atom. The van der Waals surface area contributed by atoms with Gasteiger partial charge in [0.15, 0.2) is 0 Å². The van der Waals surface area contributed by atoms with Crippen LogP contribution in [0.4, 0.5) is 22.0 Å². The lowest BCUT2D eigenvalue weighted by Crippen LogP contribution is -2.55. The lowest BCUT2D eigenvalue weighted by Gasteiger charge is -2.42. The van der Waals surface area contributed by atoms with Crippen molar-refractivity contribution in [1.82, 2.24) is 25.0 Å². The van der Waals surface area contributed by atoms with E-state index in [1.54, 1.807) is 17.2 Å². The number of aryl methyl sites for hydroxylation is 1. The number of carbonyl (C=O) groups is 1. The highest BCUT2D eigenvalue weighted by Gasteiger charge is 2.51. The highest BCUT2D eigenvalue weighted by atomic mass is 19.4. The number of carbonyl (C=O) groups excluding carboxylic acids is 1. The Balaban J connectivity index is 0.000000436. The van der Waals surface area contributed by atoms with E-state index in [4.69, 9.17) is 5.26 Å². The van der Waals surface area contributed by atoms with Gasteiger partial charge in [-0.05, 0) is 50.3 Å². The van der Waals surface area contributed by atoms with Crippen molar-refractivity contribution >= 4 is 5.91 Å². The molecule has 2 aromatic rings. The molecule has 0 bridgehead atoms. The number of aromatic amines is 1. The van der Waals surface area contributed by atoms with Crippen LogP contribution in [0.1, 0.15) is 80.1 Å². The molecule has 8 nitrogen and oxygen atoms in total. The van der Waals surface area contributed by atoms with Crippen molar-refractivity contribution < 1.29 is 26.7 Å². The molecule has 1 aliphatic carbocycles. The van der Waals surface area contributed by atoms with Crippen LogP contribution in [0.15, 0.2) is 23.1 Å². The fourth-order valence-corrected chi connectivity index (χ4v) is 5.27. The quantitative estimate of drug-likeness (QED) is 0.459. The summed E-state index contributed by atoms with van der Waals surface area (Å²) in [7, 11) is 0. The van der Waals surface area contributed by atoms with Gasteiger partial charge in [0, 0.05) is 44.5 Å². The summed E-state index contributed by atoms with van der Waals surface area (Å²) in [5.74, 6) is -5.37. The zero-order valence-corrected chi connectivity index (χ0v) is 23.4. The third kappa shape index (κ3) is 7.67. The standard InChI is InChI=1S/C21H29F5N4O2.C7H6N2/c1-3-5-10-29(9-4-2)19(32)14-12-30(11-8-20(14,22)23)15-7-6-13-16(21(24,25)26)18(31)28-27-17(13)15;1-6-2-3-7(4-8)5-9-6/h14-15H,3-12H2,1-2H3,(H,28,31);2-3,5H,1H3. The number of rotatable bonds is 7. The van der Waals surface area contributed by atoms with Gasteiger partial charge in [-0.3, -0.25) is 19.5 Å². The number of nitrogens with one attached hydrogen (secondary N) is 1. The second kappa shape index (κ2) is 13.5. The SMILES string of the molecule is CCCCN(CCC)C(=O)C1CN(C2CCc3c2n[nH]c(=O)c3C(F)(F)F)CCC1(F)F.Cc1ccc(C#N)cn1. The van der Waals surface area contributed by atoms with Crippen LogP contribution in [-0.4, -0.2) is 63.0 Å². The highest BCUT2D eigenvalue weighted by molar-refractivity contribution is 5.80. The number of piperidine rings is 1. The van der Waals surface area contributed by atoms with Crippen molar-refractivity contribution in [3.8, 4) is 6.07 Å². The van der Waals surface area contributed by atoms with Crippen molar-refractivity contribution in [2.45, 2.75) is 77.4 Å². The minimum absolute atomic E-state index is 0.0181. The Morgan fingerprint density at radius 1 is 1.24 bits per heavy atom. The molecule has 1 aliphatic heterocycles. The van der Waals surface area contributed by atoms with E-state index in [1.165, 1.54) is 4.90 Å². The summed E-state index contributed by atoms with van der Waals surface area (Å²) >= 11 is 0. The molecular formula is C28H35F5N6O2. The maximum absolute atomic E-state index is 14.8. The molecule has 224 valence electrons. The van der Waals surface area contributed by atoms with Gasteiger partial charge in [-0.1, -0.05) is 20.3 Å². The van der Waals surface area contributed by atoms with Crippen molar-refractivity contribution in [2.24, 2.45) is 5.92 Å². The van der Waals surface area contributed by atoms with E-state index in [1.807, 2.05) is 38.0 Å². The number of alkyl halides is 5. The largest absolute Gasteiger partial charge is 0.422 e. The van der Waals surface area contributed by atoms with Crippen molar-refractivity contribution in [3.63, 3.8) is 0 Å². The van der Waals surface area contributed by atoms with Crippen LogP contribution in [-0.2, 0) is 17.4 Å². The molecule has 0 spiro atoms. The Labute approximate surface area is 235 Å². The van der Waals surface area contributed by atoms with Gasteiger partial charge in [0.05, 0.1) is 17.3 Å². The Morgan fingerprint density at radius 2 is 1.98 bits per heavy atom. The lowest BCUT2D eigenvalue weighted by atomic mass is 9.90. The van der Waals surface area contributed by atoms with Crippen LogP contribution >= 0.6 is 0 Å². The summed E-state index contributed by atoms with van der Waals surface area (Å²) < 4.78 is 69.8. The predicted molar refractivity (Wildman–Crippen MR) is 141 cm³/mol. The van der Waals surface area contributed by atoms with Crippen LogP contribution in [0, 0.1) is 24.2 Å². The number of aromatic nitrogens is 3. The highest BCUT2D eigenvalue weighted by Crippen LogP contribution is 2.43. The van der Waals surface area contributed by atoms with Gasteiger partial charge < -0.3 is 4.90 Å².